The number of aryl methyl sites for hydroxylation is 1. The first-order valence-electron chi connectivity index (χ1n) is 14.4. The van der Waals surface area contributed by atoms with Gasteiger partial charge in [-0.1, -0.05) is 44.2 Å². The van der Waals surface area contributed by atoms with Gasteiger partial charge in [0.1, 0.15) is 23.1 Å². The number of nitriles is 1. The third kappa shape index (κ3) is 6.18. The molecule has 44 heavy (non-hydrogen) atoms. The molecular formula is C36H34N4O4. The van der Waals surface area contributed by atoms with Crippen LogP contribution >= 0.6 is 0 Å². The summed E-state index contributed by atoms with van der Waals surface area (Å²) in [7, 11) is 1.57. The smallest absolute Gasteiger partial charge is 0.271 e. The van der Waals surface area contributed by atoms with Gasteiger partial charge in [-0.3, -0.25) is 14.5 Å². The molecule has 5 rings (SSSR count). The molecule has 222 valence electrons. The van der Waals surface area contributed by atoms with E-state index in [0.717, 1.165) is 33.0 Å². The van der Waals surface area contributed by atoms with Gasteiger partial charge in [0, 0.05) is 22.9 Å². The number of amides is 2. The molecule has 0 aliphatic carbocycles. The number of aromatic nitrogens is 2. The predicted octanol–water partition coefficient (Wildman–Crippen LogP) is 6.68. The Bertz CT molecular complexity index is 1810. The van der Waals surface area contributed by atoms with E-state index in [4.69, 9.17) is 14.6 Å². The Balaban J connectivity index is 1.60. The highest BCUT2D eigenvalue weighted by Gasteiger charge is 2.35. The largest absolute Gasteiger partial charge is 0.497 e. The number of hydrogen-bond donors (Lipinski definition) is 0. The molecule has 0 radical (unpaired) electrons. The number of rotatable bonds is 9. The fourth-order valence-electron chi connectivity index (χ4n) is 4.99. The van der Waals surface area contributed by atoms with E-state index in [9.17, 15) is 14.9 Å². The van der Waals surface area contributed by atoms with Crippen LogP contribution in [-0.2, 0) is 16.1 Å². The van der Waals surface area contributed by atoms with Gasteiger partial charge in [-0.2, -0.15) is 10.4 Å². The van der Waals surface area contributed by atoms with E-state index in [1.54, 1.807) is 49.1 Å². The monoisotopic (exact) mass is 586 g/mol. The quantitative estimate of drug-likeness (QED) is 0.160. The number of ether oxygens (including phenoxy) is 2. The highest BCUT2D eigenvalue weighted by molar-refractivity contribution is 6.19. The van der Waals surface area contributed by atoms with Gasteiger partial charge in [0.15, 0.2) is 0 Å². The molecular weight excluding hydrogens is 552 g/mol. The third-order valence-electron chi connectivity index (χ3n) is 7.41. The van der Waals surface area contributed by atoms with Crippen LogP contribution in [0.2, 0.25) is 0 Å². The van der Waals surface area contributed by atoms with Crippen molar-refractivity contribution in [3.05, 3.63) is 112 Å². The van der Waals surface area contributed by atoms with Gasteiger partial charge in [0.05, 0.1) is 31.6 Å². The summed E-state index contributed by atoms with van der Waals surface area (Å²) in [5.74, 6) is 0.770. The molecule has 0 saturated carbocycles. The summed E-state index contributed by atoms with van der Waals surface area (Å²) in [5.41, 5.74) is 5.24. The van der Waals surface area contributed by atoms with Gasteiger partial charge in [-0.05, 0) is 85.0 Å². The standard InChI is InChI=1S/C36H34N4O4/c1-23(2)22-44-33-16-13-27(17-24(33)3)34-28(21-40(38-34)29-9-7-6-8-10-29)18-31-25(4)32(19-37)36(42)39(35(31)41)20-26-11-14-30(43-5)15-12-26/h6-18,21,23H,20,22H2,1-5H3/b31-18+. The van der Waals surface area contributed by atoms with Gasteiger partial charge < -0.3 is 9.47 Å². The second kappa shape index (κ2) is 12.8. The number of benzene rings is 3. The van der Waals surface area contributed by atoms with Crippen LogP contribution in [0.25, 0.3) is 23.0 Å². The predicted molar refractivity (Wildman–Crippen MR) is 169 cm³/mol. The number of para-hydroxylation sites is 1. The molecule has 4 aromatic rings. The Morgan fingerprint density at radius 3 is 2.34 bits per heavy atom. The van der Waals surface area contributed by atoms with Gasteiger partial charge in [0.25, 0.3) is 11.8 Å². The topological polar surface area (TPSA) is 97.5 Å². The summed E-state index contributed by atoms with van der Waals surface area (Å²) < 4.78 is 13.0. The summed E-state index contributed by atoms with van der Waals surface area (Å²) in [6.45, 7) is 8.46. The van der Waals surface area contributed by atoms with Crippen molar-refractivity contribution >= 4 is 17.9 Å². The second-order valence-electron chi connectivity index (χ2n) is 11.1. The van der Waals surface area contributed by atoms with E-state index < -0.39 is 11.8 Å². The number of nitrogens with zero attached hydrogens (tertiary/aromatic N) is 4. The fraction of sp³-hybridized carbons (Fsp3) is 0.222. The first-order valence-corrected chi connectivity index (χ1v) is 14.4. The number of methoxy groups -OCH3 is 1. The zero-order valence-electron chi connectivity index (χ0n) is 25.5. The van der Waals surface area contributed by atoms with Crippen molar-refractivity contribution in [3.8, 4) is 34.5 Å². The summed E-state index contributed by atoms with van der Waals surface area (Å²) >= 11 is 0. The van der Waals surface area contributed by atoms with E-state index in [-0.39, 0.29) is 17.7 Å². The van der Waals surface area contributed by atoms with Gasteiger partial charge in [0.2, 0.25) is 0 Å². The van der Waals surface area contributed by atoms with Crippen molar-refractivity contribution < 1.29 is 19.1 Å². The second-order valence-corrected chi connectivity index (χ2v) is 11.1. The molecule has 0 fully saturated rings. The van der Waals surface area contributed by atoms with Crippen LogP contribution in [0.1, 0.15) is 37.5 Å². The lowest BCUT2D eigenvalue weighted by molar-refractivity contribution is -0.141. The van der Waals surface area contributed by atoms with E-state index >= 15 is 0 Å². The average molecular weight is 587 g/mol. The van der Waals surface area contributed by atoms with Gasteiger partial charge in [-0.25, -0.2) is 4.68 Å². The molecule has 8 nitrogen and oxygen atoms in total. The van der Waals surface area contributed by atoms with E-state index in [2.05, 4.69) is 13.8 Å². The van der Waals surface area contributed by atoms with Crippen LogP contribution in [-0.4, -0.2) is 40.2 Å². The molecule has 1 aliphatic rings. The highest BCUT2D eigenvalue weighted by Crippen LogP contribution is 2.33. The molecule has 1 aliphatic heterocycles. The minimum absolute atomic E-state index is 0.0185. The Morgan fingerprint density at radius 2 is 1.70 bits per heavy atom. The number of hydrogen-bond acceptors (Lipinski definition) is 6. The fourth-order valence-corrected chi connectivity index (χ4v) is 4.99. The Morgan fingerprint density at radius 1 is 0.977 bits per heavy atom. The molecule has 0 atom stereocenters. The first kappa shape index (κ1) is 30.1. The molecule has 0 N–H and O–H groups in total. The highest BCUT2D eigenvalue weighted by atomic mass is 16.5. The van der Waals surface area contributed by atoms with Crippen LogP contribution in [0, 0.1) is 24.2 Å². The lowest BCUT2D eigenvalue weighted by Crippen LogP contribution is -2.42. The molecule has 0 saturated heterocycles. The summed E-state index contributed by atoms with van der Waals surface area (Å²) in [6, 6.07) is 24.7. The Hall–Kier alpha value is -5.42. The summed E-state index contributed by atoms with van der Waals surface area (Å²) in [5, 5.41) is 14.9. The van der Waals surface area contributed by atoms with Crippen LogP contribution in [0.3, 0.4) is 0 Å². The number of imide groups is 1. The van der Waals surface area contributed by atoms with Crippen molar-refractivity contribution in [3.63, 3.8) is 0 Å². The van der Waals surface area contributed by atoms with Crippen LogP contribution < -0.4 is 9.47 Å². The minimum Gasteiger partial charge on any atom is -0.497 e. The summed E-state index contributed by atoms with van der Waals surface area (Å²) in [6.07, 6.45) is 3.58. The van der Waals surface area contributed by atoms with Crippen LogP contribution in [0.4, 0.5) is 0 Å². The van der Waals surface area contributed by atoms with Crippen LogP contribution in [0.5, 0.6) is 11.5 Å². The van der Waals surface area contributed by atoms with Gasteiger partial charge >= 0.3 is 0 Å². The number of carbonyl (C=O) groups is 2. The van der Waals surface area contributed by atoms with Crippen molar-refractivity contribution in [1.29, 1.82) is 5.26 Å². The Labute approximate surface area is 257 Å². The van der Waals surface area contributed by atoms with Crippen molar-refractivity contribution in [2.24, 2.45) is 5.92 Å². The number of carbonyl (C=O) groups excluding carboxylic acids is 2. The lowest BCUT2D eigenvalue weighted by atomic mass is 9.93. The normalized spacial score (nSPS) is 14.4. The minimum atomic E-state index is -0.615. The van der Waals surface area contributed by atoms with E-state index in [1.807, 2.05) is 67.7 Å². The van der Waals surface area contributed by atoms with Crippen molar-refractivity contribution in [2.45, 2.75) is 34.2 Å². The molecule has 0 unspecified atom stereocenters. The maximum Gasteiger partial charge on any atom is 0.271 e. The Kier molecular flexibility index (Phi) is 8.77. The molecule has 0 spiro atoms. The summed E-state index contributed by atoms with van der Waals surface area (Å²) in [4.78, 5) is 28.3. The molecule has 2 heterocycles. The lowest BCUT2D eigenvalue weighted by Gasteiger charge is -2.27. The molecule has 2 amide bonds. The van der Waals surface area contributed by atoms with E-state index in [1.165, 1.54) is 0 Å². The first-order chi connectivity index (χ1) is 21.2. The maximum atomic E-state index is 13.9. The molecule has 0 bridgehead atoms. The van der Waals surface area contributed by atoms with Crippen LogP contribution in [0.15, 0.2) is 95.7 Å². The van der Waals surface area contributed by atoms with Crippen molar-refractivity contribution in [2.75, 3.05) is 13.7 Å². The molecule has 3 aromatic carbocycles. The zero-order valence-corrected chi connectivity index (χ0v) is 25.5. The molecule has 1 aromatic heterocycles. The molecule has 8 heteroatoms. The van der Waals surface area contributed by atoms with Gasteiger partial charge in [-0.15, -0.1) is 0 Å². The SMILES string of the molecule is COc1ccc(CN2C(=O)C(C#N)=C(C)/C(=C\c3cn(-c4ccccc4)nc3-c3ccc(OCC(C)C)c(C)c3)C2=O)cc1. The van der Waals surface area contributed by atoms with Crippen molar-refractivity contribution in [1.82, 2.24) is 14.7 Å². The zero-order chi connectivity index (χ0) is 31.4. The maximum absolute atomic E-state index is 13.9. The average Bonchev–Trinajstić information content (AvgIpc) is 3.45. The third-order valence-corrected chi connectivity index (χ3v) is 7.41. The van der Waals surface area contributed by atoms with E-state index in [0.29, 0.717) is 35.1 Å².